The summed E-state index contributed by atoms with van der Waals surface area (Å²) in [5.41, 5.74) is 4.80. The molecule has 2 rings (SSSR count). The second-order valence-electron chi connectivity index (χ2n) is 6.15. The van der Waals surface area contributed by atoms with E-state index >= 15 is 0 Å². The Kier molecular flexibility index (Phi) is 6.90. The zero-order valence-electron chi connectivity index (χ0n) is 13.9. The van der Waals surface area contributed by atoms with Gasteiger partial charge in [-0.3, -0.25) is 4.79 Å². The SMILES string of the molecule is Cc1cc(Cl)ccc1OCCCC(=O)N/N=C1/CCCCC1C. The maximum atomic E-state index is 11.8. The third kappa shape index (κ3) is 5.87. The number of hydrogen-bond donors (Lipinski definition) is 1. The molecule has 0 aliphatic heterocycles. The van der Waals surface area contributed by atoms with Gasteiger partial charge < -0.3 is 4.74 Å². The van der Waals surface area contributed by atoms with Crippen molar-refractivity contribution in [3.8, 4) is 5.75 Å². The monoisotopic (exact) mass is 336 g/mol. The number of nitrogens with one attached hydrogen (secondary N) is 1. The second kappa shape index (κ2) is 8.92. The van der Waals surface area contributed by atoms with E-state index in [1.54, 1.807) is 6.07 Å². The standard InChI is InChI=1S/C18H25ClN2O2/c1-13-6-3-4-7-16(13)20-21-18(22)8-5-11-23-17-10-9-15(19)12-14(17)2/h9-10,12-13H,3-8,11H2,1-2H3,(H,21,22)/b20-16-. The summed E-state index contributed by atoms with van der Waals surface area (Å²) in [6, 6.07) is 5.53. The lowest BCUT2D eigenvalue weighted by atomic mass is 9.89. The highest BCUT2D eigenvalue weighted by Gasteiger charge is 2.16. The van der Waals surface area contributed by atoms with Crippen molar-refractivity contribution in [3.05, 3.63) is 28.8 Å². The molecule has 1 fully saturated rings. The van der Waals surface area contributed by atoms with Crippen LogP contribution in [0.2, 0.25) is 5.02 Å². The van der Waals surface area contributed by atoms with E-state index in [0.29, 0.717) is 30.4 Å². The number of aryl methyl sites for hydroxylation is 1. The van der Waals surface area contributed by atoms with Crippen molar-refractivity contribution in [1.82, 2.24) is 5.43 Å². The van der Waals surface area contributed by atoms with Gasteiger partial charge in [0.25, 0.3) is 0 Å². The Balaban J connectivity index is 1.67. The number of halogens is 1. The van der Waals surface area contributed by atoms with Crippen LogP contribution in [-0.4, -0.2) is 18.2 Å². The van der Waals surface area contributed by atoms with Gasteiger partial charge in [0, 0.05) is 17.2 Å². The number of carbonyl (C=O) groups is 1. The van der Waals surface area contributed by atoms with Crippen molar-refractivity contribution in [2.24, 2.45) is 11.0 Å². The van der Waals surface area contributed by atoms with E-state index in [-0.39, 0.29) is 5.91 Å². The van der Waals surface area contributed by atoms with Gasteiger partial charge in [-0.15, -0.1) is 0 Å². The molecule has 126 valence electrons. The maximum absolute atomic E-state index is 11.8. The van der Waals surface area contributed by atoms with Crippen LogP contribution in [0.15, 0.2) is 23.3 Å². The summed E-state index contributed by atoms with van der Waals surface area (Å²) in [5, 5.41) is 4.99. The molecule has 1 aromatic carbocycles. The zero-order valence-corrected chi connectivity index (χ0v) is 14.7. The maximum Gasteiger partial charge on any atom is 0.240 e. The topological polar surface area (TPSA) is 50.7 Å². The van der Waals surface area contributed by atoms with Crippen LogP contribution < -0.4 is 10.2 Å². The minimum Gasteiger partial charge on any atom is -0.493 e. The summed E-state index contributed by atoms with van der Waals surface area (Å²) in [5.74, 6) is 1.25. The fraction of sp³-hybridized carbons (Fsp3) is 0.556. The molecule has 1 N–H and O–H groups in total. The van der Waals surface area contributed by atoms with Gasteiger partial charge in [-0.25, -0.2) is 5.43 Å². The first-order valence-electron chi connectivity index (χ1n) is 8.30. The van der Waals surface area contributed by atoms with Gasteiger partial charge >= 0.3 is 0 Å². The van der Waals surface area contributed by atoms with Crippen LogP contribution in [-0.2, 0) is 4.79 Å². The molecule has 1 aliphatic carbocycles. The molecule has 0 radical (unpaired) electrons. The lowest BCUT2D eigenvalue weighted by molar-refractivity contribution is -0.121. The highest BCUT2D eigenvalue weighted by Crippen LogP contribution is 2.22. The Bertz CT molecular complexity index is 572. The van der Waals surface area contributed by atoms with Crippen LogP contribution in [0.4, 0.5) is 0 Å². The molecular weight excluding hydrogens is 312 g/mol. The molecule has 1 aromatic rings. The van der Waals surface area contributed by atoms with Crippen LogP contribution >= 0.6 is 11.6 Å². The zero-order chi connectivity index (χ0) is 16.7. The van der Waals surface area contributed by atoms with Crippen molar-refractivity contribution >= 4 is 23.2 Å². The van der Waals surface area contributed by atoms with E-state index in [1.807, 2.05) is 19.1 Å². The average molecular weight is 337 g/mol. The van der Waals surface area contributed by atoms with Crippen molar-refractivity contribution in [3.63, 3.8) is 0 Å². The number of nitrogens with zero attached hydrogens (tertiary/aromatic N) is 1. The summed E-state index contributed by atoms with van der Waals surface area (Å²) < 4.78 is 5.68. The van der Waals surface area contributed by atoms with Crippen molar-refractivity contribution in [2.45, 2.75) is 52.4 Å². The summed E-state index contributed by atoms with van der Waals surface area (Å²) >= 11 is 5.91. The van der Waals surface area contributed by atoms with E-state index < -0.39 is 0 Å². The van der Waals surface area contributed by atoms with Crippen LogP contribution in [0.5, 0.6) is 5.75 Å². The lowest BCUT2D eigenvalue weighted by Gasteiger charge is -2.19. The Labute approximate surface area is 143 Å². The molecule has 5 heteroatoms. The molecule has 1 atom stereocenters. The molecule has 0 heterocycles. The van der Waals surface area contributed by atoms with Gasteiger partial charge in [-0.05, 0) is 62.3 Å². The smallest absolute Gasteiger partial charge is 0.240 e. The highest BCUT2D eigenvalue weighted by molar-refractivity contribution is 6.30. The van der Waals surface area contributed by atoms with Crippen molar-refractivity contribution in [2.75, 3.05) is 6.61 Å². The minimum atomic E-state index is -0.0494. The van der Waals surface area contributed by atoms with E-state index in [4.69, 9.17) is 16.3 Å². The van der Waals surface area contributed by atoms with Crippen LogP contribution in [0.1, 0.15) is 51.0 Å². The predicted octanol–water partition coefficient (Wildman–Crippen LogP) is 4.49. The highest BCUT2D eigenvalue weighted by atomic mass is 35.5. The average Bonchev–Trinajstić information content (AvgIpc) is 2.52. The molecule has 23 heavy (non-hydrogen) atoms. The quantitative estimate of drug-likeness (QED) is 0.614. The van der Waals surface area contributed by atoms with Gasteiger partial charge in [-0.2, -0.15) is 5.10 Å². The van der Waals surface area contributed by atoms with E-state index in [0.717, 1.165) is 23.4 Å². The van der Waals surface area contributed by atoms with Crippen LogP contribution in [0.3, 0.4) is 0 Å². The molecule has 0 spiro atoms. The number of carbonyl (C=O) groups excluding carboxylic acids is 1. The summed E-state index contributed by atoms with van der Waals surface area (Å²) in [4.78, 5) is 11.8. The van der Waals surface area contributed by atoms with Crippen molar-refractivity contribution in [1.29, 1.82) is 0 Å². The van der Waals surface area contributed by atoms with Gasteiger partial charge in [0.2, 0.25) is 5.91 Å². The number of benzene rings is 1. The first-order chi connectivity index (χ1) is 11.1. The number of amides is 1. The number of hydrazone groups is 1. The van der Waals surface area contributed by atoms with Gasteiger partial charge in [0.05, 0.1) is 6.61 Å². The first-order valence-corrected chi connectivity index (χ1v) is 8.68. The van der Waals surface area contributed by atoms with Gasteiger partial charge in [-0.1, -0.05) is 24.9 Å². The molecule has 4 nitrogen and oxygen atoms in total. The Morgan fingerprint density at radius 3 is 3.00 bits per heavy atom. The molecule has 0 aromatic heterocycles. The fourth-order valence-corrected chi connectivity index (χ4v) is 2.94. The van der Waals surface area contributed by atoms with Crippen molar-refractivity contribution < 1.29 is 9.53 Å². The molecular formula is C18H25ClN2O2. The summed E-state index contributed by atoms with van der Waals surface area (Å²) in [7, 11) is 0. The Hall–Kier alpha value is -1.55. The number of rotatable bonds is 6. The van der Waals surface area contributed by atoms with Crippen LogP contribution in [0, 0.1) is 12.8 Å². The van der Waals surface area contributed by atoms with Crippen LogP contribution in [0.25, 0.3) is 0 Å². The summed E-state index contributed by atoms with van der Waals surface area (Å²) in [6.45, 7) is 4.63. The molecule has 1 amide bonds. The number of ether oxygens (including phenoxy) is 1. The van der Waals surface area contributed by atoms with E-state index in [9.17, 15) is 4.79 Å². The predicted molar refractivity (Wildman–Crippen MR) is 94.1 cm³/mol. The fourth-order valence-electron chi connectivity index (χ4n) is 2.72. The first kappa shape index (κ1) is 17.8. The lowest BCUT2D eigenvalue weighted by Crippen LogP contribution is -2.24. The summed E-state index contributed by atoms with van der Waals surface area (Å²) in [6.07, 6.45) is 5.68. The van der Waals surface area contributed by atoms with E-state index in [2.05, 4.69) is 17.5 Å². The second-order valence-corrected chi connectivity index (χ2v) is 6.58. The molecule has 1 saturated carbocycles. The molecule has 1 unspecified atom stereocenters. The largest absolute Gasteiger partial charge is 0.493 e. The Morgan fingerprint density at radius 1 is 1.43 bits per heavy atom. The normalized spacial score (nSPS) is 19.6. The van der Waals surface area contributed by atoms with Gasteiger partial charge in [0.1, 0.15) is 5.75 Å². The van der Waals surface area contributed by atoms with Gasteiger partial charge in [0.15, 0.2) is 0 Å². The number of hydrogen-bond acceptors (Lipinski definition) is 3. The third-order valence-electron chi connectivity index (χ3n) is 4.16. The molecule has 0 bridgehead atoms. The Morgan fingerprint density at radius 2 is 2.26 bits per heavy atom. The molecule has 0 saturated heterocycles. The minimum absolute atomic E-state index is 0.0494. The third-order valence-corrected chi connectivity index (χ3v) is 4.39. The van der Waals surface area contributed by atoms with E-state index in [1.165, 1.54) is 19.3 Å². The molecule has 1 aliphatic rings.